The molecule has 0 N–H and O–H groups in total. The van der Waals surface area contributed by atoms with E-state index in [0.717, 1.165) is 24.2 Å². The topological polar surface area (TPSA) is 40.6 Å². The third kappa shape index (κ3) is 3.00. The zero-order valence-electron chi connectivity index (χ0n) is 15.4. The summed E-state index contributed by atoms with van der Waals surface area (Å²) in [6.45, 7) is 5.95. The second-order valence-corrected chi connectivity index (χ2v) is 7.47. The highest BCUT2D eigenvalue weighted by Gasteiger charge is 2.38. The number of carbonyl (C=O) groups excluding carboxylic acids is 2. The van der Waals surface area contributed by atoms with E-state index in [1.54, 1.807) is 4.90 Å². The Kier molecular flexibility index (Phi) is 4.27. The minimum atomic E-state index is -0.242. The van der Waals surface area contributed by atoms with Crippen molar-refractivity contribution in [3.63, 3.8) is 0 Å². The van der Waals surface area contributed by atoms with Crippen molar-refractivity contribution in [2.75, 3.05) is 18.0 Å². The molecule has 0 spiro atoms. The molecule has 2 heterocycles. The highest BCUT2D eigenvalue weighted by Crippen LogP contribution is 2.30. The Morgan fingerprint density at radius 3 is 2.62 bits per heavy atom. The molecule has 0 saturated carbocycles. The molecule has 1 atom stereocenters. The van der Waals surface area contributed by atoms with E-state index >= 15 is 0 Å². The normalized spacial score (nSPS) is 19.6. The number of carbonyl (C=O) groups is 2. The van der Waals surface area contributed by atoms with Gasteiger partial charge in [0.1, 0.15) is 0 Å². The van der Waals surface area contributed by atoms with E-state index in [2.05, 4.69) is 18.2 Å². The zero-order chi connectivity index (χ0) is 18.3. The fourth-order valence-corrected chi connectivity index (χ4v) is 4.16. The van der Waals surface area contributed by atoms with Gasteiger partial charge in [0.2, 0.25) is 11.8 Å². The Morgan fingerprint density at radius 2 is 1.85 bits per heavy atom. The van der Waals surface area contributed by atoms with Crippen LogP contribution in [0, 0.1) is 19.8 Å². The molecule has 1 fully saturated rings. The van der Waals surface area contributed by atoms with Crippen molar-refractivity contribution >= 4 is 17.5 Å². The van der Waals surface area contributed by atoms with E-state index in [1.165, 1.54) is 16.7 Å². The van der Waals surface area contributed by atoms with E-state index in [0.29, 0.717) is 19.5 Å². The molecule has 2 aromatic carbocycles. The van der Waals surface area contributed by atoms with Crippen LogP contribution in [0.2, 0.25) is 0 Å². The van der Waals surface area contributed by atoms with Gasteiger partial charge in [0, 0.05) is 31.7 Å². The number of benzene rings is 2. The van der Waals surface area contributed by atoms with Gasteiger partial charge in [-0.15, -0.1) is 0 Å². The van der Waals surface area contributed by atoms with E-state index < -0.39 is 0 Å². The van der Waals surface area contributed by atoms with Gasteiger partial charge in [0.25, 0.3) is 0 Å². The Morgan fingerprint density at radius 1 is 1.08 bits per heavy atom. The largest absolute Gasteiger partial charge is 0.338 e. The maximum absolute atomic E-state index is 13.0. The Bertz CT molecular complexity index is 874. The van der Waals surface area contributed by atoms with E-state index in [9.17, 15) is 9.59 Å². The number of fused-ring (bicyclic) bond motifs is 1. The first-order valence-electron chi connectivity index (χ1n) is 9.26. The molecule has 0 unspecified atom stereocenters. The summed E-state index contributed by atoms with van der Waals surface area (Å²) in [4.78, 5) is 29.3. The summed E-state index contributed by atoms with van der Waals surface area (Å²) in [6.07, 6.45) is 1.20. The van der Waals surface area contributed by atoms with Gasteiger partial charge in [0.05, 0.1) is 5.92 Å². The molecule has 134 valence electrons. The molecule has 0 radical (unpaired) electrons. The zero-order valence-corrected chi connectivity index (χ0v) is 15.4. The molecule has 2 aliphatic heterocycles. The summed E-state index contributed by atoms with van der Waals surface area (Å²) >= 11 is 0. The molecule has 2 aliphatic rings. The van der Waals surface area contributed by atoms with E-state index in [-0.39, 0.29) is 17.7 Å². The number of hydrogen-bond donors (Lipinski definition) is 0. The molecule has 0 bridgehead atoms. The molecule has 26 heavy (non-hydrogen) atoms. The lowest BCUT2D eigenvalue weighted by atomic mass is 9.98. The summed E-state index contributed by atoms with van der Waals surface area (Å²) in [5.41, 5.74) is 5.74. The molecule has 4 heteroatoms. The summed E-state index contributed by atoms with van der Waals surface area (Å²) in [6, 6.07) is 14.4. The monoisotopic (exact) mass is 348 g/mol. The average molecular weight is 348 g/mol. The molecular formula is C22H24N2O2. The number of rotatable bonds is 2. The average Bonchev–Trinajstić information content (AvgIpc) is 3.02. The standard InChI is InChI=1S/C22H24N2O2/c1-15-7-8-20(16(2)11-15)24-14-19(12-21(24)25)22(26)23-10-9-17-5-3-4-6-18(17)13-23/h3-8,11,19H,9-10,12-14H2,1-2H3/t19-/m0/s1. The minimum absolute atomic E-state index is 0.0488. The van der Waals surface area contributed by atoms with Crippen LogP contribution in [0.4, 0.5) is 5.69 Å². The lowest BCUT2D eigenvalue weighted by Crippen LogP contribution is -2.40. The number of nitrogens with zero attached hydrogens (tertiary/aromatic N) is 2. The van der Waals surface area contributed by atoms with Gasteiger partial charge in [-0.1, -0.05) is 42.0 Å². The minimum Gasteiger partial charge on any atom is -0.338 e. The van der Waals surface area contributed by atoms with Crippen molar-refractivity contribution in [2.45, 2.75) is 33.2 Å². The number of amides is 2. The molecule has 0 aromatic heterocycles. The van der Waals surface area contributed by atoms with Crippen LogP contribution in [0.1, 0.15) is 28.7 Å². The quantitative estimate of drug-likeness (QED) is 0.836. The maximum Gasteiger partial charge on any atom is 0.228 e. The lowest BCUT2D eigenvalue weighted by molar-refractivity contribution is -0.136. The van der Waals surface area contributed by atoms with Crippen molar-refractivity contribution in [2.24, 2.45) is 5.92 Å². The van der Waals surface area contributed by atoms with Crippen LogP contribution in [0.5, 0.6) is 0 Å². The summed E-state index contributed by atoms with van der Waals surface area (Å²) < 4.78 is 0. The Labute approximate surface area is 154 Å². The summed E-state index contributed by atoms with van der Waals surface area (Å²) in [7, 11) is 0. The molecule has 2 amide bonds. The van der Waals surface area contributed by atoms with Gasteiger partial charge < -0.3 is 9.80 Å². The van der Waals surface area contributed by atoms with Gasteiger partial charge in [-0.3, -0.25) is 9.59 Å². The highest BCUT2D eigenvalue weighted by atomic mass is 16.2. The second-order valence-electron chi connectivity index (χ2n) is 7.47. The molecule has 1 saturated heterocycles. The van der Waals surface area contributed by atoms with Crippen LogP contribution in [-0.4, -0.2) is 29.8 Å². The first-order chi connectivity index (χ1) is 12.5. The molecule has 4 nitrogen and oxygen atoms in total. The first kappa shape index (κ1) is 16.8. The maximum atomic E-state index is 13.0. The molecule has 2 aromatic rings. The molecule has 0 aliphatic carbocycles. The van der Waals surface area contributed by atoms with Crippen molar-refractivity contribution in [3.8, 4) is 0 Å². The Hall–Kier alpha value is -2.62. The van der Waals surface area contributed by atoms with Crippen LogP contribution in [0.3, 0.4) is 0 Å². The summed E-state index contributed by atoms with van der Waals surface area (Å²) in [5, 5.41) is 0. The smallest absolute Gasteiger partial charge is 0.228 e. The van der Waals surface area contributed by atoms with E-state index in [4.69, 9.17) is 0 Å². The van der Waals surface area contributed by atoms with Crippen molar-refractivity contribution in [1.29, 1.82) is 0 Å². The molecule has 4 rings (SSSR count). The number of hydrogen-bond acceptors (Lipinski definition) is 2. The first-order valence-corrected chi connectivity index (χ1v) is 9.26. The van der Waals surface area contributed by atoms with Gasteiger partial charge >= 0.3 is 0 Å². The lowest BCUT2D eigenvalue weighted by Gasteiger charge is -2.30. The van der Waals surface area contributed by atoms with Crippen LogP contribution >= 0.6 is 0 Å². The van der Waals surface area contributed by atoms with Gasteiger partial charge in [-0.05, 0) is 43.0 Å². The SMILES string of the molecule is Cc1ccc(N2C[C@@H](C(=O)N3CCc4ccccc4C3)CC2=O)c(C)c1. The van der Waals surface area contributed by atoms with Gasteiger partial charge in [-0.25, -0.2) is 0 Å². The van der Waals surface area contributed by atoms with Crippen LogP contribution in [0.25, 0.3) is 0 Å². The van der Waals surface area contributed by atoms with Gasteiger partial charge in [0.15, 0.2) is 0 Å². The van der Waals surface area contributed by atoms with Crippen molar-refractivity contribution in [1.82, 2.24) is 4.90 Å². The van der Waals surface area contributed by atoms with E-state index in [1.807, 2.05) is 43.0 Å². The van der Waals surface area contributed by atoms with Crippen LogP contribution < -0.4 is 4.90 Å². The van der Waals surface area contributed by atoms with Crippen LogP contribution in [0.15, 0.2) is 42.5 Å². The fourth-order valence-electron chi connectivity index (χ4n) is 4.16. The fraction of sp³-hybridized carbons (Fsp3) is 0.364. The summed E-state index contributed by atoms with van der Waals surface area (Å²) in [5.74, 6) is -0.0821. The highest BCUT2D eigenvalue weighted by molar-refractivity contribution is 6.00. The third-order valence-corrected chi connectivity index (χ3v) is 5.56. The van der Waals surface area contributed by atoms with Crippen molar-refractivity contribution < 1.29 is 9.59 Å². The van der Waals surface area contributed by atoms with Crippen molar-refractivity contribution in [3.05, 3.63) is 64.7 Å². The number of aryl methyl sites for hydroxylation is 2. The third-order valence-electron chi connectivity index (χ3n) is 5.56. The van der Waals surface area contributed by atoms with Gasteiger partial charge in [-0.2, -0.15) is 0 Å². The predicted octanol–water partition coefficient (Wildman–Crippen LogP) is 3.24. The Balaban J connectivity index is 1.49. The second kappa shape index (κ2) is 6.60. The van der Waals surface area contributed by atoms with Crippen LogP contribution in [-0.2, 0) is 22.6 Å². The predicted molar refractivity (Wildman–Crippen MR) is 102 cm³/mol. The molecular weight excluding hydrogens is 324 g/mol. The number of anilines is 1.